The van der Waals surface area contributed by atoms with Crippen molar-refractivity contribution in [2.75, 3.05) is 13.1 Å². The standard InChI is InChI=1S/C13H17N3O4.ClH/c14-8-10-3-1-2-6-15(10)13(18)9-4-5-11(16(19)20)12(17)7-9;/h4-5,7,10,17H,1-3,6,8,14H2;1H. The lowest BCUT2D eigenvalue weighted by Crippen LogP contribution is -2.47. The van der Waals surface area contributed by atoms with Crippen LogP contribution in [0.15, 0.2) is 18.2 Å². The molecule has 1 aliphatic rings. The molecule has 0 aliphatic carbocycles. The molecule has 7 nitrogen and oxygen atoms in total. The molecular weight excluding hydrogens is 298 g/mol. The van der Waals surface area contributed by atoms with Crippen molar-refractivity contribution in [1.82, 2.24) is 4.90 Å². The van der Waals surface area contributed by atoms with Crippen molar-refractivity contribution in [3.63, 3.8) is 0 Å². The highest BCUT2D eigenvalue weighted by atomic mass is 35.5. The molecule has 0 bridgehead atoms. The van der Waals surface area contributed by atoms with Crippen molar-refractivity contribution in [2.45, 2.75) is 25.3 Å². The Labute approximate surface area is 128 Å². The van der Waals surface area contributed by atoms with Gasteiger partial charge < -0.3 is 15.7 Å². The topological polar surface area (TPSA) is 110 Å². The molecule has 1 aromatic rings. The highest BCUT2D eigenvalue weighted by Crippen LogP contribution is 2.28. The van der Waals surface area contributed by atoms with Crippen LogP contribution in [0.4, 0.5) is 5.69 Å². The number of nitro benzene ring substituents is 1. The molecule has 3 N–H and O–H groups in total. The summed E-state index contributed by atoms with van der Waals surface area (Å²) in [5, 5.41) is 20.2. The third kappa shape index (κ3) is 3.62. The van der Waals surface area contributed by atoms with Crippen molar-refractivity contribution in [3.8, 4) is 5.75 Å². The summed E-state index contributed by atoms with van der Waals surface area (Å²) in [6, 6.07) is 3.64. The number of aromatic hydroxyl groups is 1. The SMILES string of the molecule is Cl.NCC1CCCCN1C(=O)c1ccc([N+](=O)[O-])c(O)c1. The predicted octanol–water partition coefficient (Wildman–Crippen LogP) is 1.68. The minimum atomic E-state index is -0.687. The Hall–Kier alpha value is -1.86. The second-order valence-electron chi connectivity index (χ2n) is 4.84. The van der Waals surface area contributed by atoms with Gasteiger partial charge in [0, 0.05) is 30.8 Å². The van der Waals surface area contributed by atoms with Crippen molar-refractivity contribution < 1.29 is 14.8 Å². The van der Waals surface area contributed by atoms with E-state index in [9.17, 15) is 20.0 Å². The fraction of sp³-hybridized carbons (Fsp3) is 0.462. The highest BCUT2D eigenvalue weighted by molar-refractivity contribution is 5.95. The first-order valence-electron chi connectivity index (χ1n) is 6.53. The first-order chi connectivity index (χ1) is 9.54. The van der Waals surface area contributed by atoms with Crippen LogP contribution in [0.1, 0.15) is 29.6 Å². The van der Waals surface area contributed by atoms with Gasteiger partial charge in [-0.1, -0.05) is 0 Å². The minimum absolute atomic E-state index is 0. The number of rotatable bonds is 3. The molecule has 1 unspecified atom stereocenters. The van der Waals surface area contributed by atoms with Gasteiger partial charge in [-0.2, -0.15) is 0 Å². The molecule has 1 atom stereocenters. The molecule has 0 saturated carbocycles. The maximum absolute atomic E-state index is 12.4. The summed E-state index contributed by atoms with van der Waals surface area (Å²) in [6.07, 6.45) is 2.82. The third-order valence-electron chi connectivity index (χ3n) is 3.58. The summed E-state index contributed by atoms with van der Waals surface area (Å²) >= 11 is 0. The molecule has 0 spiro atoms. The van der Waals surface area contributed by atoms with Crippen LogP contribution < -0.4 is 5.73 Å². The lowest BCUT2D eigenvalue weighted by atomic mass is 10.0. The lowest BCUT2D eigenvalue weighted by molar-refractivity contribution is -0.385. The van der Waals surface area contributed by atoms with Crippen molar-refractivity contribution >= 4 is 24.0 Å². The molecule has 1 saturated heterocycles. The average Bonchev–Trinajstić information content (AvgIpc) is 2.45. The van der Waals surface area contributed by atoms with Gasteiger partial charge in [0.05, 0.1) is 4.92 Å². The minimum Gasteiger partial charge on any atom is -0.502 e. The van der Waals surface area contributed by atoms with Crippen LogP contribution >= 0.6 is 12.4 Å². The van der Waals surface area contributed by atoms with E-state index in [1.807, 2.05) is 0 Å². The summed E-state index contributed by atoms with van der Waals surface area (Å²) in [5.74, 6) is -0.743. The molecule has 1 aliphatic heterocycles. The highest BCUT2D eigenvalue weighted by Gasteiger charge is 2.27. The van der Waals surface area contributed by atoms with Gasteiger partial charge in [-0.3, -0.25) is 14.9 Å². The first kappa shape index (κ1) is 17.2. The second kappa shape index (κ2) is 7.24. The molecule has 21 heavy (non-hydrogen) atoms. The zero-order valence-corrected chi connectivity index (χ0v) is 12.2. The molecule has 1 fully saturated rings. The van der Waals surface area contributed by atoms with E-state index in [2.05, 4.69) is 0 Å². The first-order valence-corrected chi connectivity index (χ1v) is 6.53. The van der Waals surface area contributed by atoms with Crippen LogP contribution in [0.2, 0.25) is 0 Å². The molecule has 1 heterocycles. The van der Waals surface area contributed by atoms with Crippen LogP contribution in [0.5, 0.6) is 5.75 Å². The van der Waals surface area contributed by atoms with E-state index in [0.29, 0.717) is 13.1 Å². The number of nitrogens with two attached hydrogens (primary N) is 1. The molecule has 1 amide bonds. The Balaban J connectivity index is 0.00000220. The van der Waals surface area contributed by atoms with Gasteiger partial charge in [-0.25, -0.2) is 0 Å². The second-order valence-corrected chi connectivity index (χ2v) is 4.84. The van der Waals surface area contributed by atoms with E-state index in [4.69, 9.17) is 5.73 Å². The quantitative estimate of drug-likeness (QED) is 0.651. The summed E-state index contributed by atoms with van der Waals surface area (Å²) in [4.78, 5) is 24.0. The number of hydrogen-bond acceptors (Lipinski definition) is 5. The number of piperidine rings is 1. The Morgan fingerprint density at radius 3 is 2.76 bits per heavy atom. The predicted molar refractivity (Wildman–Crippen MR) is 79.7 cm³/mol. The number of carbonyl (C=O) groups is 1. The molecule has 0 radical (unpaired) electrons. The number of phenolic OH excluding ortho intramolecular Hbond substituents is 1. The fourth-order valence-electron chi connectivity index (χ4n) is 2.49. The van der Waals surface area contributed by atoms with E-state index in [1.54, 1.807) is 4.90 Å². The fourth-order valence-corrected chi connectivity index (χ4v) is 2.49. The number of likely N-dealkylation sites (tertiary alicyclic amines) is 1. The normalized spacial score (nSPS) is 18.0. The molecule has 1 aromatic carbocycles. The molecule has 2 rings (SSSR count). The van der Waals surface area contributed by atoms with Crippen molar-refractivity contribution in [3.05, 3.63) is 33.9 Å². The summed E-state index contributed by atoms with van der Waals surface area (Å²) in [5.41, 5.74) is 5.51. The smallest absolute Gasteiger partial charge is 0.310 e. The number of halogens is 1. The van der Waals surface area contributed by atoms with Gasteiger partial charge in [0.25, 0.3) is 5.91 Å². The zero-order valence-electron chi connectivity index (χ0n) is 11.4. The number of phenols is 1. The van der Waals surface area contributed by atoms with Gasteiger partial charge in [0.2, 0.25) is 0 Å². The van der Waals surface area contributed by atoms with Crippen molar-refractivity contribution in [1.29, 1.82) is 0 Å². The Morgan fingerprint density at radius 2 is 2.19 bits per heavy atom. The third-order valence-corrected chi connectivity index (χ3v) is 3.58. The molecule has 8 heteroatoms. The van der Waals surface area contributed by atoms with Gasteiger partial charge in [0.15, 0.2) is 5.75 Å². The maximum atomic E-state index is 12.4. The van der Waals surface area contributed by atoms with Gasteiger partial charge in [0.1, 0.15) is 0 Å². The van der Waals surface area contributed by atoms with Crippen LogP contribution in [0.25, 0.3) is 0 Å². The van der Waals surface area contributed by atoms with Crippen molar-refractivity contribution in [2.24, 2.45) is 5.73 Å². The van der Waals surface area contributed by atoms with Gasteiger partial charge in [-0.05, 0) is 31.4 Å². The zero-order chi connectivity index (χ0) is 14.7. The number of hydrogen-bond donors (Lipinski definition) is 2. The van der Waals surface area contributed by atoms with Gasteiger partial charge in [-0.15, -0.1) is 12.4 Å². The Bertz CT molecular complexity index is 538. The largest absolute Gasteiger partial charge is 0.502 e. The molecule has 116 valence electrons. The Kier molecular flexibility index (Phi) is 5.92. The monoisotopic (exact) mass is 315 g/mol. The number of nitro groups is 1. The van der Waals surface area contributed by atoms with Crippen LogP contribution in [0, 0.1) is 10.1 Å². The summed E-state index contributed by atoms with van der Waals surface area (Å²) in [7, 11) is 0. The number of carbonyl (C=O) groups excluding carboxylic acids is 1. The molecular formula is C13H18ClN3O4. The average molecular weight is 316 g/mol. The van der Waals surface area contributed by atoms with E-state index < -0.39 is 16.4 Å². The summed E-state index contributed by atoms with van der Waals surface area (Å²) < 4.78 is 0. The maximum Gasteiger partial charge on any atom is 0.310 e. The van der Waals surface area contributed by atoms with E-state index in [1.165, 1.54) is 6.07 Å². The number of benzene rings is 1. The Morgan fingerprint density at radius 1 is 1.48 bits per heavy atom. The van der Waals surface area contributed by atoms with Crippen LogP contribution in [-0.2, 0) is 0 Å². The van der Waals surface area contributed by atoms with E-state index >= 15 is 0 Å². The van der Waals surface area contributed by atoms with Gasteiger partial charge >= 0.3 is 5.69 Å². The lowest BCUT2D eigenvalue weighted by Gasteiger charge is -2.35. The number of nitrogens with zero attached hydrogens (tertiary/aromatic N) is 2. The summed E-state index contributed by atoms with van der Waals surface area (Å²) in [6.45, 7) is 1.02. The van der Waals surface area contributed by atoms with E-state index in [0.717, 1.165) is 31.4 Å². The molecule has 0 aromatic heterocycles. The van der Waals surface area contributed by atoms with Crippen LogP contribution in [-0.4, -0.2) is 40.0 Å². The van der Waals surface area contributed by atoms with Crippen LogP contribution in [0.3, 0.4) is 0 Å². The number of amides is 1. The van der Waals surface area contributed by atoms with E-state index in [-0.39, 0.29) is 29.9 Å².